The van der Waals surface area contributed by atoms with Crippen molar-refractivity contribution in [2.75, 3.05) is 5.32 Å². The van der Waals surface area contributed by atoms with Crippen LogP contribution in [0.5, 0.6) is 5.75 Å². The summed E-state index contributed by atoms with van der Waals surface area (Å²) in [5.74, 6) is -0.523. The molecule has 0 aliphatic rings. The summed E-state index contributed by atoms with van der Waals surface area (Å²) in [5, 5.41) is 2.84. The fourth-order valence-corrected chi connectivity index (χ4v) is 2.34. The summed E-state index contributed by atoms with van der Waals surface area (Å²) in [7, 11) is 0. The Kier molecular flexibility index (Phi) is 5.17. The number of halogens is 3. The summed E-state index contributed by atoms with van der Waals surface area (Å²) in [5.41, 5.74) is 2.91. The smallest absolute Gasteiger partial charge is 0.406 e. The molecule has 6 heteroatoms. The number of hydrogen-bond acceptors (Lipinski definition) is 2. The first-order chi connectivity index (χ1) is 11.2. The van der Waals surface area contributed by atoms with Crippen LogP contribution in [0.15, 0.2) is 42.5 Å². The molecule has 0 unspecified atom stereocenters. The number of nitrogens with one attached hydrogen (secondary N) is 1. The topological polar surface area (TPSA) is 38.3 Å². The normalized spacial score (nSPS) is 11.5. The second-order valence-corrected chi connectivity index (χ2v) is 5.72. The minimum absolute atomic E-state index is 0.225. The van der Waals surface area contributed by atoms with E-state index < -0.39 is 6.36 Å². The number of ether oxygens (including phenoxy) is 1. The summed E-state index contributed by atoms with van der Waals surface area (Å²) in [6.07, 6.45) is -4.75. The zero-order valence-corrected chi connectivity index (χ0v) is 13.6. The van der Waals surface area contributed by atoms with Crippen molar-refractivity contribution in [2.45, 2.75) is 33.1 Å². The molecule has 0 aliphatic heterocycles. The van der Waals surface area contributed by atoms with Crippen LogP contribution in [0.3, 0.4) is 0 Å². The van der Waals surface area contributed by atoms with E-state index >= 15 is 0 Å². The first-order valence-electron chi connectivity index (χ1n) is 7.44. The fraction of sp³-hybridized carbons (Fsp3) is 0.278. The number of rotatable bonds is 4. The Morgan fingerprint density at radius 2 is 1.71 bits per heavy atom. The first kappa shape index (κ1) is 17.8. The van der Waals surface area contributed by atoms with Gasteiger partial charge in [-0.25, -0.2) is 0 Å². The van der Waals surface area contributed by atoms with E-state index in [1.807, 2.05) is 39.0 Å². The average Bonchev–Trinajstić information content (AvgIpc) is 2.48. The molecule has 0 aromatic heterocycles. The van der Waals surface area contributed by atoms with Crippen LogP contribution >= 0.6 is 0 Å². The molecule has 2 aromatic rings. The lowest BCUT2D eigenvalue weighted by molar-refractivity contribution is -0.274. The molecule has 0 atom stereocenters. The average molecular weight is 337 g/mol. The summed E-state index contributed by atoms with van der Waals surface area (Å²) in [4.78, 5) is 12.4. The number of hydrogen-bond donors (Lipinski definition) is 1. The van der Waals surface area contributed by atoms with Gasteiger partial charge in [0, 0.05) is 11.3 Å². The van der Waals surface area contributed by atoms with Crippen LogP contribution in [0.4, 0.5) is 18.9 Å². The molecule has 0 radical (unpaired) electrons. The zero-order chi connectivity index (χ0) is 17.9. The molecule has 2 aromatic carbocycles. The Balaban J connectivity index is 2.19. The van der Waals surface area contributed by atoms with Crippen molar-refractivity contribution >= 4 is 11.6 Å². The highest BCUT2D eigenvalue weighted by Crippen LogP contribution is 2.28. The van der Waals surface area contributed by atoms with Crippen LogP contribution in [0.2, 0.25) is 0 Å². The van der Waals surface area contributed by atoms with Gasteiger partial charge in [0.15, 0.2) is 0 Å². The van der Waals surface area contributed by atoms with Crippen LogP contribution in [-0.2, 0) is 0 Å². The summed E-state index contributed by atoms with van der Waals surface area (Å²) in [6, 6.07) is 10.6. The third-order valence-electron chi connectivity index (χ3n) is 3.52. The van der Waals surface area contributed by atoms with Gasteiger partial charge >= 0.3 is 6.36 Å². The van der Waals surface area contributed by atoms with Crippen LogP contribution < -0.4 is 10.1 Å². The van der Waals surface area contributed by atoms with Gasteiger partial charge in [-0.2, -0.15) is 0 Å². The van der Waals surface area contributed by atoms with Gasteiger partial charge in [-0.3, -0.25) is 4.79 Å². The lowest BCUT2D eigenvalue weighted by atomic mass is 9.98. The highest BCUT2D eigenvalue weighted by atomic mass is 19.4. The molecular formula is C18H18F3NO2. The highest BCUT2D eigenvalue weighted by molar-refractivity contribution is 6.05. The number of alkyl halides is 3. The van der Waals surface area contributed by atoms with Crippen LogP contribution in [0.25, 0.3) is 0 Å². The molecule has 0 saturated heterocycles. The maximum absolute atomic E-state index is 12.4. The molecule has 0 spiro atoms. The lowest BCUT2D eigenvalue weighted by Gasteiger charge is -2.16. The van der Waals surface area contributed by atoms with Crippen molar-refractivity contribution in [3.63, 3.8) is 0 Å². The summed E-state index contributed by atoms with van der Waals surface area (Å²) >= 11 is 0. The van der Waals surface area contributed by atoms with Crippen LogP contribution in [0, 0.1) is 6.92 Å². The Morgan fingerprint density at radius 3 is 2.25 bits per heavy atom. The molecule has 0 fully saturated rings. The van der Waals surface area contributed by atoms with E-state index in [0.717, 1.165) is 28.9 Å². The third-order valence-corrected chi connectivity index (χ3v) is 3.52. The Labute approximate surface area is 138 Å². The van der Waals surface area contributed by atoms with Crippen molar-refractivity contribution in [1.29, 1.82) is 0 Å². The minimum Gasteiger partial charge on any atom is -0.406 e. The molecule has 1 amide bonds. The van der Waals surface area contributed by atoms with E-state index in [2.05, 4.69) is 10.1 Å². The number of aryl methyl sites for hydroxylation is 1. The van der Waals surface area contributed by atoms with E-state index in [1.54, 1.807) is 0 Å². The molecule has 0 saturated carbocycles. The van der Waals surface area contributed by atoms with E-state index in [4.69, 9.17) is 0 Å². The Hall–Kier alpha value is -2.50. The predicted octanol–water partition coefficient (Wildman–Crippen LogP) is 5.27. The number of benzene rings is 2. The SMILES string of the molecule is Cc1cccc(C(C)C)c1NC(=O)c1ccc(OC(F)(F)F)cc1. The van der Waals surface area contributed by atoms with Crippen LogP contribution in [-0.4, -0.2) is 12.3 Å². The highest BCUT2D eigenvalue weighted by Gasteiger charge is 2.31. The van der Waals surface area contributed by atoms with Crippen molar-refractivity contribution in [1.82, 2.24) is 0 Å². The maximum Gasteiger partial charge on any atom is 0.573 e. The minimum atomic E-state index is -4.75. The van der Waals surface area contributed by atoms with Crippen LogP contribution in [0.1, 0.15) is 41.3 Å². The monoisotopic (exact) mass is 337 g/mol. The zero-order valence-electron chi connectivity index (χ0n) is 13.6. The molecule has 128 valence electrons. The van der Waals surface area contributed by atoms with Gasteiger partial charge < -0.3 is 10.1 Å². The molecule has 0 bridgehead atoms. The molecule has 0 aliphatic carbocycles. The Morgan fingerprint density at radius 1 is 1.08 bits per heavy atom. The fourth-order valence-electron chi connectivity index (χ4n) is 2.34. The van der Waals surface area contributed by atoms with Gasteiger partial charge in [-0.15, -0.1) is 13.2 Å². The van der Waals surface area contributed by atoms with E-state index in [-0.39, 0.29) is 23.1 Å². The number of carbonyl (C=O) groups is 1. The molecule has 2 rings (SSSR count). The molecule has 3 nitrogen and oxygen atoms in total. The molecule has 24 heavy (non-hydrogen) atoms. The van der Waals surface area contributed by atoms with Gasteiger partial charge in [0.1, 0.15) is 5.75 Å². The Bertz CT molecular complexity index is 722. The largest absolute Gasteiger partial charge is 0.573 e. The van der Waals surface area contributed by atoms with E-state index in [9.17, 15) is 18.0 Å². The van der Waals surface area contributed by atoms with Gasteiger partial charge in [0.25, 0.3) is 5.91 Å². The standard InChI is InChI=1S/C18H18F3NO2/c1-11(2)15-6-4-5-12(3)16(15)22-17(23)13-7-9-14(10-8-13)24-18(19,20)21/h4-11H,1-3H3,(H,22,23). The van der Waals surface area contributed by atoms with Gasteiger partial charge in [0.05, 0.1) is 0 Å². The quantitative estimate of drug-likeness (QED) is 0.825. The van der Waals surface area contributed by atoms with Gasteiger partial charge in [0.2, 0.25) is 0 Å². The number of anilines is 1. The van der Waals surface area contributed by atoms with Crippen molar-refractivity contribution in [3.8, 4) is 5.75 Å². The van der Waals surface area contributed by atoms with Gasteiger partial charge in [-0.1, -0.05) is 32.0 Å². The van der Waals surface area contributed by atoms with Crippen molar-refractivity contribution in [2.24, 2.45) is 0 Å². The summed E-state index contributed by atoms with van der Waals surface area (Å²) in [6.45, 7) is 5.93. The molecule has 0 heterocycles. The maximum atomic E-state index is 12.4. The lowest BCUT2D eigenvalue weighted by Crippen LogP contribution is -2.17. The first-order valence-corrected chi connectivity index (χ1v) is 7.44. The van der Waals surface area contributed by atoms with Gasteiger partial charge in [-0.05, 0) is 48.2 Å². The number of amides is 1. The second-order valence-electron chi connectivity index (χ2n) is 5.72. The third kappa shape index (κ3) is 4.50. The molecule has 1 N–H and O–H groups in total. The van der Waals surface area contributed by atoms with E-state index in [1.165, 1.54) is 12.1 Å². The second kappa shape index (κ2) is 6.95. The predicted molar refractivity (Wildman–Crippen MR) is 86.3 cm³/mol. The van der Waals surface area contributed by atoms with Crippen molar-refractivity contribution in [3.05, 3.63) is 59.2 Å². The summed E-state index contributed by atoms with van der Waals surface area (Å²) < 4.78 is 40.2. The molecular weight excluding hydrogens is 319 g/mol. The number of carbonyl (C=O) groups excluding carboxylic acids is 1. The van der Waals surface area contributed by atoms with E-state index in [0.29, 0.717) is 0 Å². The van der Waals surface area contributed by atoms with Crippen molar-refractivity contribution < 1.29 is 22.7 Å². The number of para-hydroxylation sites is 1.